The van der Waals surface area contributed by atoms with E-state index in [1.165, 1.54) is 0 Å². The smallest absolute Gasteiger partial charge is 0.256 e. The van der Waals surface area contributed by atoms with E-state index < -0.39 is 0 Å². The summed E-state index contributed by atoms with van der Waals surface area (Å²) in [5, 5.41) is 11.0. The Morgan fingerprint density at radius 3 is 2.73 bits per heavy atom. The molecule has 22 heavy (non-hydrogen) atoms. The number of amides is 1. The molecule has 0 aromatic carbocycles. The molecular weight excluding hydrogens is 282 g/mol. The number of hydrogen-bond donors (Lipinski definition) is 1. The van der Waals surface area contributed by atoms with Crippen LogP contribution in [0.2, 0.25) is 0 Å². The van der Waals surface area contributed by atoms with Gasteiger partial charge in [-0.05, 0) is 26.0 Å². The molecule has 0 aliphatic carbocycles. The number of carbonyl (C=O) groups excluding carboxylic acids is 1. The van der Waals surface area contributed by atoms with Crippen LogP contribution in [0.25, 0.3) is 0 Å². The number of nitrogens with zero attached hydrogens (tertiary/aromatic N) is 4. The van der Waals surface area contributed by atoms with Crippen LogP contribution < -0.4 is 5.32 Å². The van der Waals surface area contributed by atoms with Gasteiger partial charge in [0.15, 0.2) is 5.82 Å². The molecular formula is C15H15N5O2. The van der Waals surface area contributed by atoms with Crippen molar-refractivity contribution in [2.75, 3.05) is 5.32 Å². The lowest BCUT2D eigenvalue weighted by Gasteiger charge is -2.02. The first kappa shape index (κ1) is 14.0. The highest BCUT2D eigenvalue weighted by Gasteiger charge is 2.11. The van der Waals surface area contributed by atoms with Gasteiger partial charge in [-0.25, -0.2) is 0 Å². The highest BCUT2D eigenvalue weighted by molar-refractivity contribution is 6.03. The van der Waals surface area contributed by atoms with Crippen molar-refractivity contribution >= 4 is 11.7 Å². The topological polar surface area (TPSA) is 85.8 Å². The zero-order chi connectivity index (χ0) is 15.5. The van der Waals surface area contributed by atoms with Crippen molar-refractivity contribution in [2.45, 2.75) is 20.4 Å². The Bertz CT molecular complexity index is 772. The van der Waals surface area contributed by atoms with Crippen LogP contribution in [0.1, 0.15) is 27.4 Å². The summed E-state index contributed by atoms with van der Waals surface area (Å²) >= 11 is 0. The number of anilines is 1. The van der Waals surface area contributed by atoms with Crippen LogP contribution in [0.5, 0.6) is 0 Å². The van der Waals surface area contributed by atoms with E-state index >= 15 is 0 Å². The van der Waals surface area contributed by atoms with Gasteiger partial charge in [-0.1, -0.05) is 5.16 Å². The SMILES string of the molecule is Cc1noc(C)c1Cn1ccc(NC(=O)c2ccncc2)n1. The normalized spacial score (nSPS) is 10.6. The standard InChI is InChI=1S/C15H15N5O2/c1-10-13(11(2)22-19-10)9-20-8-5-14(18-20)17-15(21)12-3-6-16-7-4-12/h3-8H,9H2,1-2H3,(H,17,18,21). The van der Waals surface area contributed by atoms with E-state index in [1.807, 2.05) is 13.8 Å². The average Bonchev–Trinajstić information content (AvgIpc) is 3.10. The van der Waals surface area contributed by atoms with Crippen LogP contribution in [0, 0.1) is 13.8 Å². The molecule has 3 aromatic heterocycles. The van der Waals surface area contributed by atoms with Gasteiger partial charge in [-0.3, -0.25) is 14.5 Å². The third kappa shape index (κ3) is 2.88. The monoisotopic (exact) mass is 297 g/mol. The van der Waals surface area contributed by atoms with Crippen LogP contribution in [0.4, 0.5) is 5.82 Å². The first-order valence-corrected chi connectivity index (χ1v) is 6.80. The Balaban J connectivity index is 1.70. The molecule has 112 valence electrons. The lowest BCUT2D eigenvalue weighted by molar-refractivity contribution is 0.102. The highest BCUT2D eigenvalue weighted by Crippen LogP contribution is 2.14. The molecule has 0 bridgehead atoms. The maximum absolute atomic E-state index is 12.0. The van der Waals surface area contributed by atoms with Crippen molar-refractivity contribution in [3.05, 3.63) is 59.4 Å². The van der Waals surface area contributed by atoms with Gasteiger partial charge in [0.2, 0.25) is 0 Å². The molecule has 0 aliphatic heterocycles. The Labute approximate surface area is 127 Å². The molecule has 0 unspecified atom stereocenters. The number of rotatable bonds is 4. The fraction of sp³-hybridized carbons (Fsp3) is 0.200. The second kappa shape index (κ2) is 5.80. The van der Waals surface area contributed by atoms with Crippen LogP contribution >= 0.6 is 0 Å². The number of hydrogen-bond acceptors (Lipinski definition) is 5. The molecule has 3 rings (SSSR count). The average molecular weight is 297 g/mol. The summed E-state index contributed by atoms with van der Waals surface area (Å²) < 4.78 is 6.86. The van der Waals surface area contributed by atoms with Gasteiger partial charge in [-0.15, -0.1) is 0 Å². The van der Waals surface area contributed by atoms with E-state index in [9.17, 15) is 4.79 Å². The van der Waals surface area contributed by atoms with E-state index in [2.05, 4.69) is 20.6 Å². The van der Waals surface area contributed by atoms with Crippen LogP contribution in [0.3, 0.4) is 0 Å². The largest absolute Gasteiger partial charge is 0.361 e. The summed E-state index contributed by atoms with van der Waals surface area (Å²) in [7, 11) is 0. The molecule has 0 saturated carbocycles. The first-order valence-electron chi connectivity index (χ1n) is 6.80. The quantitative estimate of drug-likeness (QED) is 0.797. The molecule has 0 atom stereocenters. The second-order valence-corrected chi connectivity index (χ2v) is 4.89. The number of carbonyl (C=O) groups is 1. The summed E-state index contributed by atoms with van der Waals surface area (Å²) in [6.07, 6.45) is 4.95. The summed E-state index contributed by atoms with van der Waals surface area (Å²) in [6.45, 7) is 4.30. The minimum absolute atomic E-state index is 0.218. The van der Waals surface area contributed by atoms with Crippen molar-refractivity contribution in [2.24, 2.45) is 0 Å². The van der Waals surface area contributed by atoms with Gasteiger partial charge in [0.1, 0.15) is 5.76 Å². The lowest BCUT2D eigenvalue weighted by Crippen LogP contribution is -2.13. The van der Waals surface area contributed by atoms with Gasteiger partial charge in [0, 0.05) is 35.8 Å². The van der Waals surface area contributed by atoms with Gasteiger partial charge >= 0.3 is 0 Å². The lowest BCUT2D eigenvalue weighted by atomic mass is 10.2. The summed E-state index contributed by atoms with van der Waals surface area (Å²) in [5.74, 6) is 1.05. The van der Waals surface area contributed by atoms with Gasteiger partial charge in [-0.2, -0.15) is 5.10 Å². The number of aromatic nitrogens is 4. The Morgan fingerprint density at radius 2 is 2.05 bits per heavy atom. The van der Waals surface area contributed by atoms with Crippen molar-refractivity contribution < 1.29 is 9.32 Å². The molecule has 1 N–H and O–H groups in total. The Hall–Kier alpha value is -2.96. The third-order valence-corrected chi connectivity index (χ3v) is 3.33. The minimum atomic E-state index is -0.218. The first-order chi connectivity index (χ1) is 10.6. The minimum Gasteiger partial charge on any atom is -0.361 e. The fourth-order valence-corrected chi connectivity index (χ4v) is 2.10. The van der Waals surface area contributed by atoms with Crippen molar-refractivity contribution in [3.8, 4) is 0 Å². The highest BCUT2D eigenvalue weighted by atomic mass is 16.5. The maximum atomic E-state index is 12.0. The number of aryl methyl sites for hydroxylation is 2. The molecule has 0 spiro atoms. The molecule has 3 heterocycles. The van der Waals surface area contributed by atoms with Crippen molar-refractivity contribution in [1.29, 1.82) is 0 Å². The molecule has 0 radical (unpaired) electrons. The van der Waals surface area contributed by atoms with Crippen molar-refractivity contribution in [1.82, 2.24) is 19.9 Å². The second-order valence-electron chi connectivity index (χ2n) is 4.89. The van der Waals surface area contributed by atoms with Crippen LogP contribution in [-0.4, -0.2) is 25.8 Å². The summed E-state index contributed by atoms with van der Waals surface area (Å²) in [4.78, 5) is 15.9. The van der Waals surface area contributed by atoms with Gasteiger partial charge in [0.05, 0.1) is 12.2 Å². The Morgan fingerprint density at radius 1 is 1.27 bits per heavy atom. The number of nitrogens with one attached hydrogen (secondary N) is 1. The maximum Gasteiger partial charge on any atom is 0.256 e. The number of pyridine rings is 1. The van der Waals surface area contributed by atoms with E-state index in [0.29, 0.717) is 17.9 Å². The zero-order valence-electron chi connectivity index (χ0n) is 12.3. The molecule has 0 aliphatic rings. The molecule has 7 heteroatoms. The van der Waals surface area contributed by atoms with Crippen molar-refractivity contribution in [3.63, 3.8) is 0 Å². The predicted octanol–water partition coefficient (Wildman–Crippen LogP) is 2.18. The van der Waals surface area contributed by atoms with E-state index in [0.717, 1.165) is 17.0 Å². The molecule has 0 fully saturated rings. The fourth-order valence-electron chi connectivity index (χ4n) is 2.10. The predicted molar refractivity (Wildman–Crippen MR) is 79.5 cm³/mol. The van der Waals surface area contributed by atoms with Gasteiger partial charge < -0.3 is 9.84 Å². The summed E-state index contributed by atoms with van der Waals surface area (Å²) in [5.41, 5.74) is 2.38. The van der Waals surface area contributed by atoms with E-state index in [1.54, 1.807) is 41.5 Å². The molecule has 0 saturated heterocycles. The van der Waals surface area contributed by atoms with Crippen LogP contribution in [-0.2, 0) is 6.54 Å². The van der Waals surface area contributed by atoms with Gasteiger partial charge in [0.25, 0.3) is 5.91 Å². The van der Waals surface area contributed by atoms with E-state index in [-0.39, 0.29) is 5.91 Å². The molecule has 3 aromatic rings. The van der Waals surface area contributed by atoms with Crippen LogP contribution in [0.15, 0.2) is 41.3 Å². The Kier molecular flexibility index (Phi) is 3.69. The zero-order valence-corrected chi connectivity index (χ0v) is 12.3. The molecule has 1 amide bonds. The third-order valence-electron chi connectivity index (χ3n) is 3.33. The van der Waals surface area contributed by atoms with E-state index in [4.69, 9.17) is 4.52 Å². The molecule has 7 nitrogen and oxygen atoms in total. The summed E-state index contributed by atoms with van der Waals surface area (Å²) in [6, 6.07) is 5.05.